The molecule has 12 nitrogen and oxygen atoms in total. The predicted octanol–water partition coefficient (Wildman–Crippen LogP) is 3.24. The van der Waals surface area contributed by atoms with E-state index in [9.17, 15) is 44.0 Å². The van der Waals surface area contributed by atoms with Crippen LogP contribution in [0.15, 0.2) is 85.6 Å². The van der Waals surface area contributed by atoms with Crippen molar-refractivity contribution in [1.29, 1.82) is 0 Å². The molecule has 0 fully saturated rings. The van der Waals surface area contributed by atoms with Gasteiger partial charge in [0, 0.05) is 117 Å². The summed E-state index contributed by atoms with van der Waals surface area (Å²) in [6.07, 6.45) is 0. The van der Waals surface area contributed by atoms with Gasteiger partial charge in [-0.3, -0.25) is 4.70 Å². The summed E-state index contributed by atoms with van der Waals surface area (Å²) in [7, 11) is -15.3. The second kappa shape index (κ2) is 55.9. The molecule has 0 bridgehead atoms. The number of azo groups is 1. The first-order valence-corrected chi connectivity index (χ1v) is 15.1. The van der Waals surface area contributed by atoms with Crippen LogP contribution < -0.4 is 88.7 Å². The average Bonchev–Trinajstić information content (AvgIpc) is 3.26. The molecule has 0 aliphatic rings. The Morgan fingerprint density at radius 2 is 0.803 bits per heavy atom. The van der Waals surface area contributed by atoms with Crippen molar-refractivity contribution < 1.29 is 238 Å². The Hall–Kier alpha value is -2.08. The molecule has 0 aliphatic carbocycles. The van der Waals surface area contributed by atoms with Crippen LogP contribution >= 0.6 is 0 Å². The zero-order valence-corrected chi connectivity index (χ0v) is 37.2. The summed E-state index contributed by atoms with van der Waals surface area (Å²) in [5.74, 6) is -0.632. The molecule has 0 unspecified atom stereocenters. The van der Waals surface area contributed by atoms with E-state index in [0.29, 0.717) is 6.07 Å². The van der Waals surface area contributed by atoms with E-state index in [1.165, 1.54) is 24.3 Å². The molecule has 4 aromatic carbocycles. The van der Waals surface area contributed by atoms with Crippen molar-refractivity contribution in [2.75, 3.05) is 0 Å². The van der Waals surface area contributed by atoms with Gasteiger partial charge < -0.3 is 18.8 Å². The van der Waals surface area contributed by atoms with E-state index in [-0.39, 0.29) is 115 Å². The summed E-state index contributed by atoms with van der Waals surface area (Å²) in [6, 6.07) is 11.3. The molecule has 41 heteroatoms. The largest absolute Gasteiger partial charge is 1.00 e. The summed E-state index contributed by atoms with van der Waals surface area (Å²) < 4.78 is 281. The number of rotatable bonds is 5. The second-order valence-corrected chi connectivity index (χ2v) is 11.2. The van der Waals surface area contributed by atoms with E-state index < -0.39 is 61.9 Å². The first-order chi connectivity index (χ1) is 27.2. The number of benzene rings is 4. The minimum atomic E-state index is -5.36. The average molecular weight is 1040 g/mol. The Morgan fingerprint density at radius 3 is 1.15 bits per heavy atom. The SMILES string of the molecule is F.FF.FF.FF.FF.FF.FF.FF.FF.FF.FF.FF.O=S(=O)([O-])c1cc(S(=O)(=O)[O-])c2c(N=Nc3ccc(S(=O)(=O)[O-])c4ccccc34)c(O)ccc2c1.[Na+].[Na+].[Na+]. The van der Waals surface area contributed by atoms with Gasteiger partial charge >= 0.3 is 88.7 Å². The van der Waals surface area contributed by atoms with E-state index in [1.807, 2.05) is 0 Å². The van der Waals surface area contributed by atoms with Gasteiger partial charge in [-0.1, -0.05) is 30.3 Å². The quantitative estimate of drug-likeness (QED) is 0.133. The third-order valence-corrected chi connectivity index (χ3v) is 7.52. The van der Waals surface area contributed by atoms with Crippen molar-refractivity contribution in [2.45, 2.75) is 14.7 Å². The number of phenolic OH excluding ortho intramolecular Hbond substituents is 1. The maximum Gasteiger partial charge on any atom is 1.00 e. The van der Waals surface area contributed by atoms with Gasteiger partial charge in [-0.2, -0.15) is 0 Å². The third-order valence-electron chi connectivity index (χ3n) is 4.95. The van der Waals surface area contributed by atoms with Crippen LogP contribution in [0.3, 0.4) is 0 Å². The van der Waals surface area contributed by atoms with Crippen LogP contribution in [0.25, 0.3) is 21.5 Å². The van der Waals surface area contributed by atoms with Crippen molar-refractivity contribution in [3.8, 4) is 5.75 Å². The molecule has 4 aromatic rings. The number of hydrogen-bond donors (Lipinski definition) is 1. The van der Waals surface area contributed by atoms with E-state index in [2.05, 4.69) is 10.2 Å². The van der Waals surface area contributed by atoms with Crippen molar-refractivity contribution in [1.82, 2.24) is 0 Å². The summed E-state index contributed by atoms with van der Waals surface area (Å²) in [6.45, 7) is 0. The van der Waals surface area contributed by atoms with E-state index in [4.69, 9.17) is 101 Å². The van der Waals surface area contributed by atoms with Crippen LogP contribution in [0.1, 0.15) is 0 Å². The maximum absolute atomic E-state index is 11.9. The molecular weight excluding hydrogens is 1030 g/mol. The van der Waals surface area contributed by atoms with Gasteiger partial charge in [0.1, 0.15) is 41.8 Å². The molecule has 0 atom stereocenters. The van der Waals surface area contributed by atoms with Gasteiger partial charge in [0.05, 0.1) is 20.4 Å². The Bertz CT molecular complexity index is 1960. The summed E-state index contributed by atoms with van der Waals surface area (Å²) in [5, 5.41) is 17.6. The van der Waals surface area contributed by atoms with Crippen molar-refractivity contribution >= 4 is 63.3 Å². The molecule has 0 aliphatic heterocycles. The molecule has 0 radical (unpaired) electrons. The fraction of sp³-hybridized carbons (Fsp3) is 0. The van der Waals surface area contributed by atoms with Gasteiger partial charge in [0.15, 0.2) is 0 Å². The molecular formula is C20H12F23N2Na3O10S3. The fourth-order valence-corrected chi connectivity index (χ4v) is 5.50. The predicted molar refractivity (Wildman–Crippen MR) is 145 cm³/mol. The number of nitrogens with zero attached hydrogens (tertiary/aromatic N) is 2. The molecule has 344 valence electrons. The summed E-state index contributed by atoms with van der Waals surface area (Å²) >= 11 is 0. The number of aromatic hydroxyl groups is 1. The van der Waals surface area contributed by atoms with Crippen molar-refractivity contribution in [2.24, 2.45) is 10.2 Å². The van der Waals surface area contributed by atoms with Crippen LogP contribution in [-0.2, 0) is 30.4 Å². The number of hydrogen-bond acceptors (Lipinski definition) is 12. The Kier molecular flexibility index (Phi) is 82.3. The minimum Gasteiger partial charge on any atom is -0.744 e. The van der Waals surface area contributed by atoms with Crippen molar-refractivity contribution in [3.05, 3.63) is 60.7 Å². The fourth-order valence-electron chi connectivity index (χ4n) is 3.48. The zero-order valence-electron chi connectivity index (χ0n) is 28.7. The second-order valence-electron chi connectivity index (χ2n) is 7.14. The minimum absolute atomic E-state index is 0. The number of fused-ring (bicyclic) bond motifs is 2. The van der Waals surface area contributed by atoms with Gasteiger partial charge in [0.2, 0.25) is 0 Å². The summed E-state index contributed by atoms with van der Waals surface area (Å²) in [4.78, 5) is -2.61. The number of halogens is 23. The maximum atomic E-state index is 11.9. The van der Waals surface area contributed by atoms with Gasteiger partial charge in [0.25, 0.3) is 0 Å². The van der Waals surface area contributed by atoms with E-state index in [0.717, 1.165) is 30.3 Å². The van der Waals surface area contributed by atoms with Crippen LogP contribution in [0.5, 0.6) is 5.75 Å². The van der Waals surface area contributed by atoms with Crippen LogP contribution in [0.2, 0.25) is 0 Å². The molecule has 61 heavy (non-hydrogen) atoms. The molecule has 0 aromatic heterocycles. The van der Waals surface area contributed by atoms with Crippen LogP contribution in [0.4, 0.5) is 117 Å². The van der Waals surface area contributed by atoms with E-state index >= 15 is 0 Å². The first-order valence-electron chi connectivity index (χ1n) is 10.9. The molecule has 0 amide bonds. The Morgan fingerprint density at radius 1 is 0.443 bits per heavy atom. The molecule has 1 N–H and O–H groups in total. The standard InChI is InChI=1S/C20H14N2O10S3.11F2.FH.3Na/c23-16-7-5-11-9-12(33(24,25)26)10-18(35(30,31)32)19(11)20(16)22-21-15-6-8-17(34(27,28)29)14-4-2-1-3-13(14)15;11*1-2;;;;/h1-10,23H,(H,24,25,26)(H,27,28,29)(H,30,31,32);;;;;;;;;;;;1H;;;/q;;;;;;;;;;;;;3*+1/p-3. The molecule has 0 heterocycles. The Balaban J connectivity index is -0.0000000808. The van der Waals surface area contributed by atoms with Gasteiger partial charge in [-0.25, -0.2) is 25.3 Å². The number of phenols is 1. The monoisotopic (exact) mass is 1040 g/mol. The van der Waals surface area contributed by atoms with Crippen LogP contribution in [-0.4, -0.2) is 44.0 Å². The van der Waals surface area contributed by atoms with Crippen LogP contribution in [0, 0.1) is 0 Å². The zero-order chi connectivity index (χ0) is 47.8. The van der Waals surface area contributed by atoms with Gasteiger partial charge in [-0.15, -0.1) is 10.2 Å². The van der Waals surface area contributed by atoms with Gasteiger partial charge in [-0.05, 0) is 35.7 Å². The Labute approximate surface area is 389 Å². The molecule has 0 spiro atoms. The molecule has 0 saturated carbocycles. The molecule has 0 saturated heterocycles. The normalized spacial score (nSPS) is 8.61. The van der Waals surface area contributed by atoms with Crippen molar-refractivity contribution in [3.63, 3.8) is 0 Å². The van der Waals surface area contributed by atoms with E-state index in [1.54, 1.807) is 0 Å². The summed E-state index contributed by atoms with van der Waals surface area (Å²) in [5.41, 5.74) is -0.508. The smallest absolute Gasteiger partial charge is 0.744 e. The first kappa shape index (κ1) is 89.8. The third kappa shape index (κ3) is 33.1. The topological polar surface area (TPSA) is 217 Å². The molecule has 4 rings (SSSR count).